The fraction of sp³-hybridized carbons (Fsp3) is 0.500. The van der Waals surface area contributed by atoms with E-state index in [1.807, 2.05) is 13.8 Å². The van der Waals surface area contributed by atoms with Crippen LogP contribution in [0, 0.1) is 0 Å². The third kappa shape index (κ3) is 2.87. The zero-order chi connectivity index (χ0) is 11.4. The zero-order valence-corrected chi connectivity index (χ0v) is 11.9. The van der Waals surface area contributed by atoms with E-state index in [0.717, 1.165) is 34.0 Å². The van der Waals surface area contributed by atoms with Crippen molar-refractivity contribution in [2.75, 3.05) is 0 Å². The minimum atomic E-state index is -3.22. The first-order valence-electron chi connectivity index (χ1n) is 5.39. The first kappa shape index (κ1) is 12.8. The molecule has 0 heterocycles. The van der Waals surface area contributed by atoms with Crippen LogP contribution in [-0.4, -0.2) is 23.4 Å². The summed E-state index contributed by atoms with van der Waals surface area (Å²) in [7, 11) is 0. The van der Waals surface area contributed by atoms with Crippen LogP contribution in [0.2, 0.25) is 0 Å². The molecule has 0 radical (unpaired) electrons. The van der Waals surface area contributed by atoms with Crippen molar-refractivity contribution in [3.05, 3.63) is 28.8 Å². The van der Waals surface area contributed by atoms with Crippen molar-refractivity contribution in [2.45, 2.75) is 40.0 Å². The van der Waals surface area contributed by atoms with Gasteiger partial charge in [0.1, 0.15) is 0 Å². The van der Waals surface area contributed by atoms with E-state index in [0.29, 0.717) is 0 Å². The van der Waals surface area contributed by atoms with Crippen LogP contribution in [-0.2, 0) is 22.4 Å². The van der Waals surface area contributed by atoms with Gasteiger partial charge in [-0.05, 0) is 0 Å². The van der Waals surface area contributed by atoms with Crippen LogP contribution in [0.3, 0.4) is 0 Å². The second kappa shape index (κ2) is 5.74. The Kier molecular flexibility index (Phi) is 4.92. The van der Waals surface area contributed by atoms with Crippen LogP contribution in [0.25, 0.3) is 0 Å². The van der Waals surface area contributed by atoms with E-state index < -0.39 is 19.9 Å². The number of benzene rings is 1. The summed E-state index contributed by atoms with van der Waals surface area (Å²) < 4.78 is 21.6. The Balaban J connectivity index is 3.39. The Bertz CT molecular complexity index is 347. The Morgan fingerprint density at radius 2 is 1.53 bits per heavy atom. The van der Waals surface area contributed by atoms with E-state index in [2.05, 4.69) is 19.1 Å². The molecule has 0 saturated carbocycles. The topological polar surface area (TPSA) is 37.3 Å². The number of aryl methyl sites for hydroxylation is 3. The average molecular weight is 322 g/mol. The standard InChI is InChI=1S/C12H18O2Te/c1-4-9-7-10(5-2)12(15(13)14)11(6-3)8-9/h7-8H,4-6H2,1-3H3,(H,13,14). The second-order valence-corrected chi connectivity index (χ2v) is 6.14. The molecule has 1 aromatic rings. The summed E-state index contributed by atoms with van der Waals surface area (Å²) in [6.45, 7) is 6.19. The van der Waals surface area contributed by atoms with Crippen molar-refractivity contribution in [3.8, 4) is 0 Å². The van der Waals surface area contributed by atoms with E-state index >= 15 is 0 Å². The van der Waals surface area contributed by atoms with Crippen molar-refractivity contribution >= 4 is 23.6 Å². The summed E-state index contributed by atoms with van der Waals surface area (Å²) >= 11 is -3.22. The van der Waals surface area contributed by atoms with Crippen LogP contribution in [0.5, 0.6) is 0 Å². The van der Waals surface area contributed by atoms with Crippen LogP contribution >= 0.6 is 0 Å². The molecule has 84 valence electrons. The predicted octanol–water partition coefficient (Wildman–Crippen LogP) is 1.49. The molecule has 0 amide bonds. The average Bonchev–Trinajstić information content (AvgIpc) is 2.26. The van der Waals surface area contributed by atoms with Gasteiger partial charge in [0, 0.05) is 0 Å². The van der Waals surface area contributed by atoms with E-state index in [9.17, 15) is 6.58 Å². The maximum atomic E-state index is 11.4. The molecular formula is C12H18O2Te. The number of hydrogen-bond acceptors (Lipinski definition) is 1. The molecule has 0 aliphatic heterocycles. The van der Waals surface area contributed by atoms with Crippen molar-refractivity contribution < 1.29 is 6.58 Å². The summed E-state index contributed by atoms with van der Waals surface area (Å²) in [5.41, 5.74) is 3.41. The maximum absolute atomic E-state index is 11.4. The molecule has 0 fully saturated rings. The van der Waals surface area contributed by atoms with Crippen molar-refractivity contribution in [1.29, 1.82) is 0 Å². The van der Waals surface area contributed by atoms with E-state index in [1.54, 1.807) is 0 Å². The fourth-order valence-electron chi connectivity index (χ4n) is 1.78. The van der Waals surface area contributed by atoms with Gasteiger partial charge in [-0.15, -0.1) is 0 Å². The molecule has 2 nitrogen and oxygen atoms in total. The van der Waals surface area contributed by atoms with Gasteiger partial charge in [-0.3, -0.25) is 0 Å². The summed E-state index contributed by atoms with van der Waals surface area (Å²) in [5.74, 6) is 0. The first-order valence-corrected chi connectivity index (χ1v) is 8.55. The van der Waals surface area contributed by atoms with Gasteiger partial charge >= 0.3 is 99.0 Å². The molecule has 3 heteroatoms. The SMILES string of the molecule is CCc1cc(CC)c([Te](=O)O)c(CC)c1. The Morgan fingerprint density at radius 1 is 1.07 bits per heavy atom. The Labute approximate surface area is 98.9 Å². The molecule has 0 aliphatic carbocycles. The van der Waals surface area contributed by atoms with E-state index in [1.165, 1.54) is 5.56 Å². The summed E-state index contributed by atoms with van der Waals surface area (Å²) in [4.78, 5) is 0. The third-order valence-electron chi connectivity index (χ3n) is 2.65. The van der Waals surface area contributed by atoms with Crippen molar-refractivity contribution in [1.82, 2.24) is 0 Å². The Morgan fingerprint density at radius 3 is 1.80 bits per heavy atom. The molecule has 1 rings (SSSR count). The van der Waals surface area contributed by atoms with Gasteiger partial charge in [-0.1, -0.05) is 0 Å². The zero-order valence-electron chi connectivity index (χ0n) is 9.54. The van der Waals surface area contributed by atoms with Gasteiger partial charge < -0.3 is 0 Å². The predicted molar refractivity (Wildman–Crippen MR) is 62.9 cm³/mol. The molecule has 0 saturated heterocycles. The molecule has 0 bridgehead atoms. The molecule has 15 heavy (non-hydrogen) atoms. The summed E-state index contributed by atoms with van der Waals surface area (Å²) in [5, 5.41) is 0. The van der Waals surface area contributed by atoms with Gasteiger partial charge in [0.15, 0.2) is 0 Å². The molecule has 0 spiro atoms. The monoisotopic (exact) mass is 324 g/mol. The van der Waals surface area contributed by atoms with Crippen LogP contribution < -0.4 is 3.61 Å². The first-order chi connectivity index (χ1) is 7.13. The fourth-order valence-corrected chi connectivity index (χ4v) is 4.22. The molecule has 0 unspecified atom stereocenters. The van der Waals surface area contributed by atoms with Crippen molar-refractivity contribution in [2.24, 2.45) is 0 Å². The third-order valence-corrected chi connectivity index (χ3v) is 5.14. The molecule has 0 aromatic heterocycles. The van der Waals surface area contributed by atoms with E-state index in [4.69, 9.17) is 0 Å². The molecule has 0 aliphatic rings. The minimum absolute atomic E-state index is 0.765. The molecule has 1 N–H and O–H groups in total. The number of rotatable bonds is 4. The molecule has 1 aromatic carbocycles. The molecule has 0 atom stereocenters. The van der Waals surface area contributed by atoms with Crippen molar-refractivity contribution in [3.63, 3.8) is 0 Å². The van der Waals surface area contributed by atoms with Crippen LogP contribution in [0.15, 0.2) is 12.1 Å². The van der Waals surface area contributed by atoms with E-state index in [-0.39, 0.29) is 0 Å². The normalized spacial score (nSPS) is 11.0. The Hall–Kier alpha value is -0.230. The summed E-state index contributed by atoms with van der Waals surface area (Å²) in [6, 6.07) is 4.16. The quantitative estimate of drug-likeness (QED) is 0.853. The van der Waals surface area contributed by atoms with Gasteiger partial charge in [-0.25, -0.2) is 0 Å². The molecular weight excluding hydrogens is 304 g/mol. The summed E-state index contributed by atoms with van der Waals surface area (Å²) in [6.07, 6.45) is 2.67. The van der Waals surface area contributed by atoms with Gasteiger partial charge in [0.05, 0.1) is 0 Å². The van der Waals surface area contributed by atoms with Gasteiger partial charge in [0.25, 0.3) is 0 Å². The van der Waals surface area contributed by atoms with Crippen LogP contribution in [0.4, 0.5) is 0 Å². The number of hydrogen-bond donors (Lipinski definition) is 1. The van der Waals surface area contributed by atoms with Gasteiger partial charge in [0.2, 0.25) is 0 Å². The second-order valence-electron chi connectivity index (χ2n) is 3.55. The van der Waals surface area contributed by atoms with Crippen LogP contribution in [0.1, 0.15) is 37.5 Å². The van der Waals surface area contributed by atoms with Gasteiger partial charge in [-0.2, -0.15) is 0 Å².